The molecule has 32 rings (SSSR count). The first-order valence-corrected chi connectivity index (χ1v) is 54.4. The van der Waals surface area contributed by atoms with Crippen molar-refractivity contribution in [1.29, 1.82) is 5.26 Å². The number of imidazole rings is 4. The molecule has 8 heterocycles. The molecule has 16 unspecified atom stereocenters. The normalized spacial score (nSPS) is 31.3. The molecular formula is C117H119BrClF6N17O8. The third kappa shape index (κ3) is 17.6. The van der Waals surface area contributed by atoms with Crippen molar-refractivity contribution in [2.24, 2.45) is 92.7 Å². The standard InChI is InChI=1S/C30H30FN5O2.C29H30BrFN4O2.C29H30ClFN4O2.C29H29F3N4O2/c31-23-3-1-2-22-25-15-33-16-36(25)24(27(22)23)10-26(37)30-11-18-8-19(12-30)28(20(9-18)13-30)35-29(38)34-21-6-4-17(14-32)5-7-21;2*30-19-4-6-20(7-5-19)33-28(37)34-27-17-8-16-9-18(27)13-29(11-16,12-17)25(36)10-23-26-21(2-1-3-22(26)31)24-14-32-15-35(23)24;30-18-4-5-22(21(32)8-18)34-28(38)35-27-16-6-15-7-17(27)12-29(10-15,11-16)25(37)9-23-26-19(2-1-3-20(26)31)24-13-33-14-36(23)24/h1-7,15-16,18-20,24,26,28,37H,8-13H2,(H2,34,35,38);2*1-7,14-18,23,25,27,36H,8-13H2,(H2,33,34,37);1-5,8,13-17,23,25,27,37H,6-7,9-12H2,(H2,34,35,38). The summed E-state index contributed by atoms with van der Waals surface area (Å²) in [6, 6.07) is 45.3. The summed E-state index contributed by atoms with van der Waals surface area (Å²) in [5.41, 5.74) is 11.4. The van der Waals surface area contributed by atoms with Crippen LogP contribution in [0.25, 0.3) is 45.0 Å². The van der Waals surface area contributed by atoms with Gasteiger partial charge in [-0.05, 0) is 356 Å². The lowest BCUT2D eigenvalue weighted by Gasteiger charge is -2.61. The van der Waals surface area contributed by atoms with Gasteiger partial charge in [0.2, 0.25) is 0 Å². The summed E-state index contributed by atoms with van der Waals surface area (Å²) in [6.45, 7) is 0. The molecule has 16 fully saturated rings. The van der Waals surface area contributed by atoms with Gasteiger partial charge in [0, 0.05) is 101 Å². The van der Waals surface area contributed by atoms with Gasteiger partial charge in [0.15, 0.2) is 0 Å². The van der Waals surface area contributed by atoms with Crippen LogP contribution >= 0.6 is 27.5 Å². The maximum Gasteiger partial charge on any atom is 0.319 e. The Hall–Kier alpha value is -12.6. The van der Waals surface area contributed by atoms with Gasteiger partial charge in [0.25, 0.3) is 0 Å². The van der Waals surface area contributed by atoms with Crippen LogP contribution in [-0.4, -0.2) is 131 Å². The van der Waals surface area contributed by atoms with E-state index < -0.39 is 42.1 Å². The number of nitrogens with zero attached hydrogens (tertiary/aromatic N) is 9. The monoisotopic (exact) mass is 2120 g/mol. The fraction of sp³-hybridized carbons (Fsp3) is 0.444. The molecule has 0 saturated heterocycles. The van der Waals surface area contributed by atoms with E-state index in [-0.39, 0.29) is 129 Å². The first-order chi connectivity index (χ1) is 72.5. The van der Waals surface area contributed by atoms with Crippen molar-refractivity contribution in [3.63, 3.8) is 0 Å². The number of anilines is 4. The van der Waals surface area contributed by atoms with Gasteiger partial charge in [0.1, 0.15) is 34.9 Å². The minimum atomic E-state index is -0.821. The Labute approximate surface area is 877 Å². The second-order valence-corrected chi connectivity index (χ2v) is 48.1. The van der Waals surface area contributed by atoms with E-state index in [9.17, 15) is 65.9 Å². The summed E-state index contributed by atoms with van der Waals surface area (Å²) in [5, 5.41) is 80.8. The molecule has 150 heavy (non-hydrogen) atoms. The number of halogens is 8. The van der Waals surface area contributed by atoms with Crippen LogP contribution in [0.2, 0.25) is 5.02 Å². The lowest BCUT2D eigenvalue weighted by Crippen LogP contribution is -2.62. The highest BCUT2D eigenvalue weighted by Crippen LogP contribution is 2.68. The van der Waals surface area contributed by atoms with E-state index in [0.717, 1.165) is 196 Å². The fourth-order valence-electron chi connectivity index (χ4n) is 33.2. The van der Waals surface area contributed by atoms with Gasteiger partial charge in [-0.1, -0.05) is 76.1 Å². The molecule has 4 aromatic heterocycles. The first kappa shape index (κ1) is 98.1. The Kier molecular flexibility index (Phi) is 25.3. The predicted molar refractivity (Wildman–Crippen MR) is 556 cm³/mol. The quantitative estimate of drug-likeness (QED) is 0.0316. The van der Waals surface area contributed by atoms with Gasteiger partial charge in [-0.2, -0.15) is 5.26 Å². The highest BCUT2D eigenvalue weighted by molar-refractivity contribution is 9.10. The summed E-state index contributed by atoms with van der Waals surface area (Å²) in [4.78, 5) is 68.5. The maximum absolute atomic E-state index is 15.0. The summed E-state index contributed by atoms with van der Waals surface area (Å²) >= 11 is 9.38. The SMILES string of the molecule is N#Cc1ccc(NC(=O)NC2C3CC4CC2CC(C(O)CC2c5c(F)cccc5-c5cncn52)(C4)C3)cc1.O=C(Nc1ccc(Br)cc1)NC1C2CC3CC1CC(C(O)CC1c4c(F)cccc4-c4cncn41)(C3)C2.O=C(Nc1ccc(Cl)cc1)NC1C2CC3CC1CC(C(O)CC1c4c(F)cccc4-c4cncn41)(C3)C2.O=C(Nc1ccc(F)cc1F)NC1C2CC3CC1CC(C(O)CC1c4c(F)cccc4-c4cncn41)(C3)C2. The molecule has 33 heteroatoms. The van der Waals surface area contributed by atoms with Crippen LogP contribution in [-0.2, 0) is 0 Å². The zero-order chi connectivity index (χ0) is 103. The molecule has 8 aromatic carbocycles. The summed E-state index contributed by atoms with van der Waals surface area (Å²) in [5.74, 6) is 2.17. The van der Waals surface area contributed by atoms with Crippen molar-refractivity contribution in [2.45, 2.75) is 227 Å². The number of carbonyl (C=O) groups is 4. The van der Waals surface area contributed by atoms with Gasteiger partial charge < -0.3 is 81.2 Å². The smallest absolute Gasteiger partial charge is 0.319 e. The number of nitriles is 1. The van der Waals surface area contributed by atoms with Gasteiger partial charge in [-0.15, -0.1) is 0 Å². The molecule has 0 spiro atoms. The largest absolute Gasteiger partial charge is 0.392 e. The Balaban J connectivity index is 0.000000104. The highest BCUT2D eigenvalue weighted by atomic mass is 79.9. The minimum Gasteiger partial charge on any atom is -0.392 e. The second-order valence-electron chi connectivity index (χ2n) is 46.8. The zero-order valence-electron chi connectivity index (χ0n) is 82.5. The molecule has 16 saturated carbocycles. The zero-order valence-corrected chi connectivity index (χ0v) is 84.8. The average Bonchev–Trinajstić information content (AvgIpc) is 1.07. The molecule has 16 bridgehead atoms. The second kappa shape index (κ2) is 38.6. The van der Waals surface area contributed by atoms with Crippen LogP contribution in [0, 0.1) is 139 Å². The number of fused-ring (bicyclic) bond motifs is 12. The van der Waals surface area contributed by atoms with Crippen molar-refractivity contribution < 1.29 is 65.9 Å². The molecule has 16 aliphatic carbocycles. The molecule has 12 aromatic rings. The van der Waals surface area contributed by atoms with Crippen molar-refractivity contribution in [3.8, 4) is 51.1 Å². The minimum absolute atomic E-state index is 0.0671. The third-order valence-corrected chi connectivity index (χ3v) is 39.2. The fourth-order valence-corrected chi connectivity index (χ4v) is 33.6. The Morgan fingerprint density at radius 3 is 0.900 bits per heavy atom. The van der Waals surface area contributed by atoms with Crippen molar-refractivity contribution in [1.82, 2.24) is 59.5 Å². The summed E-state index contributed by atoms with van der Waals surface area (Å²) < 4.78 is 96.2. The van der Waals surface area contributed by atoms with Crippen molar-refractivity contribution >= 4 is 74.4 Å². The lowest BCUT2D eigenvalue weighted by atomic mass is 9.46. The van der Waals surface area contributed by atoms with Gasteiger partial charge >= 0.3 is 24.1 Å². The number of benzene rings is 8. The number of aliphatic hydroxyl groups excluding tert-OH is 4. The number of carbonyl (C=O) groups excluding carboxylic acids is 4. The number of nitrogens with one attached hydrogen (secondary N) is 8. The third-order valence-electron chi connectivity index (χ3n) is 38.4. The first-order valence-electron chi connectivity index (χ1n) is 53.3. The number of aliphatic hydroxyl groups is 4. The Morgan fingerprint density at radius 1 is 0.360 bits per heavy atom. The van der Waals surface area contributed by atoms with Crippen LogP contribution in [0.5, 0.6) is 0 Å². The molecule has 12 N–H and O–H groups in total. The number of hydrogen-bond acceptors (Lipinski definition) is 13. The van der Waals surface area contributed by atoms with E-state index >= 15 is 0 Å². The van der Waals surface area contributed by atoms with Gasteiger partial charge in [-0.25, -0.2) is 65.5 Å². The predicted octanol–water partition coefficient (Wildman–Crippen LogP) is 23.0. The number of hydrogen-bond donors (Lipinski definition) is 12. The highest BCUT2D eigenvalue weighted by Gasteiger charge is 2.64. The average molecular weight is 2120 g/mol. The van der Waals surface area contributed by atoms with Crippen LogP contribution in [0.1, 0.15) is 206 Å². The molecule has 20 aliphatic rings. The number of amides is 8. The summed E-state index contributed by atoms with van der Waals surface area (Å²) in [7, 11) is 0. The number of rotatable bonds is 20. The van der Waals surface area contributed by atoms with Crippen LogP contribution in [0.15, 0.2) is 218 Å². The summed E-state index contributed by atoms with van der Waals surface area (Å²) in [6.07, 6.45) is 32.9. The van der Waals surface area contributed by atoms with E-state index in [1.54, 1.807) is 123 Å². The molecule has 16 atom stereocenters. The number of urea groups is 4. The van der Waals surface area contributed by atoms with Crippen molar-refractivity contribution in [2.75, 3.05) is 21.3 Å². The molecule has 8 amide bonds. The molecule has 776 valence electrons. The van der Waals surface area contributed by atoms with Crippen molar-refractivity contribution in [3.05, 3.63) is 286 Å². The molecule has 4 aliphatic heterocycles. The number of aromatic nitrogens is 8. The molecule has 0 radical (unpaired) electrons. The van der Waals surface area contributed by atoms with E-state index in [2.05, 4.69) is 84.5 Å². The Morgan fingerprint density at radius 2 is 0.627 bits per heavy atom. The van der Waals surface area contributed by atoms with E-state index in [1.165, 1.54) is 30.3 Å². The van der Waals surface area contributed by atoms with Gasteiger partial charge in [0.05, 0.1) is 139 Å². The van der Waals surface area contributed by atoms with E-state index in [4.69, 9.17) is 16.9 Å². The van der Waals surface area contributed by atoms with E-state index in [0.29, 0.717) is 129 Å². The maximum atomic E-state index is 15.0. The van der Waals surface area contributed by atoms with Crippen LogP contribution < -0.4 is 42.5 Å². The van der Waals surface area contributed by atoms with Crippen LogP contribution in [0.3, 0.4) is 0 Å². The molecule has 25 nitrogen and oxygen atoms in total. The van der Waals surface area contributed by atoms with Gasteiger partial charge in [-0.3, -0.25) is 0 Å². The lowest BCUT2D eigenvalue weighted by molar-refractivity contribution is -0.135. The topological polar surface area (TPSA) is 341 Å². The van der Waals surface area contributed by atoms with E-state index in [1.807, 2.05) is 66.8 Å². The molecular weight excluding hydrogens is 2000 g/mol. The van der Waals surface area contributed by atoms with Crippen LogP contribution in [0.4, 0.5) is 68.3 Å². The Bertz CT molecular complexity index is 7010.